The molecule has 9 heteroatoms. The number of aliphatic hydroxyl groups is 1. The lowest BCUT2D eigenvalue weighted by Crippen LogP contribution is -2.39. The van der Waals surface area contributed by atoms with Crippen molar-refractivity contribution in [3.05, 3.63) is 42.2 Å². The molecule has 2 fully saturated rings. The Morgan fingerprint density at radius 1 is 1.03 bits per heavy atom. The number of hydrogen-bond acceptors (Lipinski definition) is 9. The van der Waals surface area contributed by atoms with Gasteiger partial charge in [-0.2, -0.15) is 10.2 Å². The van der Waals surface area contributed by atoms with Crippen molar-refractivity contribution < 1.29 is 9.84 Å². The summed E-state index contributed by atoms with van der Waals surface area (Å²) >= 11 is 0. The standard InChI is InChI=1S/C21H25N7O2/c29-20(18-4-1-7-22-23-18)15-3-2-8-28(14-15)21-17-6-5-16(13-19(17)24-26-25-21)27-9-11-30-12-10-27/h1,4-7,13,15,20,29H,2-3,8-12,14H2. The van der Waals surface area contributed by atoms with Crippen LogP contribution in [0, 0.1) is 5.92 Å². The van der Waals surface area contributed by atoms with Gasteiger partial charge < -0.3 is 19.6 Å². The molecule has 0 saturated carbocycles. The molecule has 2 aliphatic heterocycles. The van der Waals surface area contributed by atoms with Crippen molar-refractivity contribution in [2.45, 2.75) is 18.9 Å². The minimum atomic E-state index is -0.643. The molecule has 5 rings (SSSR count). The molecule has 4 heterocycles. The van der Waals surface area contributed by atoms with Gasteiger partial charge in [-0.05, 0) is 48.4 Å². The van der Waals surface area contributed by atoms with Crippen molar-refractivity contribution in [1.29, 1.82) is 0 Å². The van der Waals surface area contributed by atoms with E-state index in [1.807, 2.05) is 6.07 Å². The number of fused-ring (bicyclic) bond motifs is 1. The Balaban J connectivity index is 1.39. The molecule has 1 N–H and O–H groups in total. The number of anilines is 2. The Morgan fingerprint density at radius 3 is 2.77 bits per heavy atom. The van der Waals surface area contributed by atoms with E-state index in [2.05, 4.69) is 53.6 Å². The van der Waals surface area contributed by atoms with Crippen molar-refractivity contribution in [2.24, 2.45) is 5.92 Å². The molecule has 2 aliphatic rings. The molecule has 2 atom stereocenters. The smallest absolute Gasteiger partial charge is 0.162 e. The van der Waals surface area contributed by atoms with Gasteiger partial charge in [0.15, 0.2) is 5.82 Å². The number of hydrogen-bond donors (Lipinski definition) is 1. The maximum atomic E-state index is 10.8. The van der Waals surface area contributed by atoms with Crippen LogP contribution < -0.4 is 9.80 Å². The molecule has 0 spiro atoms. The number of aliphatic hydroxyl groups excluding tert-OH is 1. The first-order valence-corrected chi connectivity index (χ1v) is 10.5. The third kappa shape index (κ3) is 3.78. The number of ether oxygens (including phenoxy) is 1. The van der Waals surface area contributed by atoms with Crippen LogP contribution in [0.25, 0.3) is 10.9 Å². The van der Waals surface area contributed by atoms with Gasteiger partial charge in [-0.3, -0.25) is 0 Å². The first-order chi connectivity index (χ1) is 14.8. The number of piperidine rings is 1. The van der Waals surface area contributed by atoms with Crippen LogP contribution in [0.1, 0.15) is 24.6 Å². The molecule has 3 aromatic rings. The fraction of sp³-hybridized carbons (Fsp3) is 0.476. The average molecular weight is 407 g/mol. The Bertz CT molecular complexity index is 997. The first-order valence-electron chi connectivity index (χ1n) is 10.5. The summed E-state index contributed by atoms with van der Waals surface area (Å²) < 4.78 is 5.45. The lowest BCUT2D eigenvalue weighted by atomic mass is 9.90. The lowest BCUT2D eigenvalue weighted by molar-refractivity contribution is 0.0932. The Kier molecular flexibility index (Phi) is 5.37. The van der Waals surface area contributed by atoms with Crippen molar-refractivity contribution in [3.8, 4) is 0 Å². The highest BCUT2D eigenvalue weighted by Crippen LogP contribution is 2.33. The van der Waals surface area contributed by atoms with Crippen LogP contribution in [0.2, 0.25) is 0 Å². The summed E-state index contributed by atoms with van der Waals surface area (Å²) in [5.74, 6) is 0.887. The van der Waals surface area contributed by atoms with Crippen molar-refractivity contribution in [2.75, 3.05) is 49.2 Å². The molecular formula is C21H25N7O2. The minimum Gasteiger partial charge on any atom is -0.386 e. The number of aromatic nitrogens is 5. The van der Waals surface area contributed by atoms with Gasteiger partial charge in [0, 0.05) is 49.4 Å². The lowest BCUT2D eigenvalue weighted by Gasteiger charge is -2.35. The molecule has 0 aliphatic carbocycles. The van der Waals surface area contributed by atoms with E-state index in [9.17, 15) is 5.11 Å². The third-order valence-electron chi connectivity index (χ3n) is 5.99. The maximum absolute atomic E-state index is 10.8. The molecule has 0 radical (unpaired) electrons. The van der Waals surface area contributed by atoms with E-state index in [4.69, 9.17) is 4.74 Å². The second-order valence-corrected chi connectivity index (χ2v) is 7.86. The molecule has 9 nitrogen and oxygen atoms in total. The molecule has 1 aromatic carbocycles. The summed E-state index contributed by atoms with van der Waals surface area (Å²) in [6, 6.07) is 9.91. The first kappa shape index (κ1) is 19.1. The Labute approximate surface area is 174 Å². The third-order valence-corrected chi connectivity index (χ3v) is 5.99. The SMILES string of the molecule is OC(c1cccnn1)C1CCCN(c2nnnc3cc(N4CCOCC4)ccc23)C1. The highest BCUT2D eigenvalue weighted by atomic mass is 16.5. The molecule has 30 heavy (non-hydrogen) atoms. The highest BCUT2D eigenvalue weighted by Gasteiger charge is 2.29. The zero-order valence-corrected chi connectivity index (χ0v) is 16.8. The number of benzene rings is 1. The summed E-state index contributed by atoms with van der Waals surface area (Å²) in [4.78, 5) is 4.51. The van der Waals surface area contributed by atoms with Crippen molar-refractivity contribution in [1.82, 2.24) is 25.6 Å². The van der Waals surface area contributed by atoms with Crippen LogP contribution in [0.5, 0.6) is 0 Å². The minimum absolute atomic E-state index is 0.0630. The molecule has 2 unspecified atom stereocenters. The largest absolute Gasteiger partial charge is 0.386 e. The average Bonchev–Trinajstić information content (AvgIpc) is 2.84. The van der Waals surface area contributed by atoms with Crippen molar-refractivity contribution >= 4 is 22.4 Å². The number of rotatable bonds is 4. The van der Waals surface area contributed by atoms with Gasteiger partial charge in [0.05, 0.1) is 18.9 Å². The van der Waals surface area contributed by atoms with Crippen molar-refractivity contribution in [3.63, 3.8) is 0 Å². The van der Waals surface area contributed by atoms with Crippen LogP contribution in [0.15, 0.2) is 36.5 Å². The van der Waals surface area contributed by atoms with E-state index in [0.29, 0.717) is 12.2 Å². The Hall–Kier alpha value is -2.91. The summed E-state index contributed by atoms with van der Waals surface area (Å²) in [5.41, 5.74) is 2.58. The highest BCUT2D eigenvalue weighted by molar-refractivity contribution is 5.91. The maximum Gasteiger partial charge on any atom is 0.162 e. The number of morpholine rings is 1. The zero-order chi connectivity index (χ0) is 20.3. The Morgan fingerprint density at radius 2 is 1.93 bits per heavy atom. The molecule has 0 amide bonds. The quantitative estimate of drug-likeness (QED) is 0.691. The van der Waals surface area contributed by atoms with E-state index >= 15 is 0 Å². The van der Waals surface area contributed by atoms with Gasteiger partial charge >= 0.3 is 0 Å². The van der Waals surface area contributed by atoms with E-state index < -0.39 is 6.10 Å². The van der Waals surface area contributed by atoms with E-state index in [1.54, 1.807) is 12.3 Å². The van der Waals surface area contributed by atoms with Gasteiger partial charge in [0.2, 0.25) is 0 Å². The normalized spacial score (nSPS) is 21.0. The zero-order valence-electron chi connectivity index (χ0n) is 16.8. The van der Waals surface area contributed by atoms with Crippen LogP contribution in [-0.4, -0.2) is 70.1 Å². The van der Waals surface area contributed by atoms with Gasteiger partial charge in [0.25, 0.3) is 0 Å². The van der Waals surface area contributed by atoms with Crippen LogP contribution in [-0.2, 0) is 4.74 Å². The van der Waals surface area contributed by atoms with Gasteiger partial charge in [-0.25, -0.2) is 0 Å². The predicted molar refractivity (Wildman–Crippen MR) is 112 cm³/mol. The summed E-state index contributed by atoms with van der Waals surface area (Å²) in [5, 5.41) is 32.5. The second-order valence-electron chi connectivity index (χ2n) is 7.86. The van der Waals surface area contributed by atoms with Gasteiger partial charge in [-0.1, -0.05) is 0 Å². The molecule has 2 saturated heterocycles. The van der Waals surface area contributed by atoms with Gasteiger partial charge in [0.1, 0.15) is 11.6 Å². The summed E-state index contributed by atoms with van der Waals surface area (Å²) in [6.07, 6.45) is 2.88. The monoisotopic (exact) mass is 407 g/mol. The molecule has 2 aromatic heterocycles. The van der Waals surface area contributed by atoms with E-state index in [-0.39, 0.29) is 5.92 Å². The van der Waals surface area contributed by atoms with Crippen LogP contribution in [0.3, 0.4) is 0 Å². The molecule has 0 bridgehead atoms. The predicted octanol–water partition coefficient (Wildman–Crippen LogP) is 1.60. The fourth-order valence-electron chi connectivity index (χ4n) is 4.38. The van der Waals surface area contributed by atoms with Crippen LogP contribution in [0.4, 0.5) is 11.5 Å². The van der Waals surface area contributed by atoms with E-state index in [1.165, 1.54) is 0 Å². The molecule has 156 valence electrons. The second kappa shape index (κ2) is 8.45. The molecular weight excluding hydrogens is 382 g/mol. The number of nitrogens with zero attached hydrogens (tertiary/aromatic N) is 7. The summed E-state index contributed by atoms with van der Waals surface area (Å²) in [7, 11) is 0. The topological polar surface area (TPSA) is 100 Å². The van der Waals surface area contributed by atoms with Crippen LogP contribution >= 0.6 is 0 Å². The van der Waals surface area contributed by atoms with Gasteiger partial charge in [-0.15, -0.1) is 10.2 Å². The fourth-order valence-corrected chi connectivity index (χ4v) is 4.38. The van der Waals surface area contributed by atoms with E-state index in [0.717, 1.165) is 68.1 Å². The summed E-state index contributed by atoms with van der Waals surface area (Å²) in [6.45, 7) is 4.82.